The van der Waals surface area contributed by atoms with Gasteiger partial charge in [0.1, 0.15) is 5.60 Å². The average molecular weight is 298 g/mol. The van der Waals surface area contributed by atoms with Crippen LogP contribution in [0.5, 0.6) is 0 Å². The second kappa shape index (κ2) is 5.40. The third kappa shape index (κ3) is 4.24. The fraction of sp³-hybridized carbons (Fsp3) is 0.917. The predicted octanol–water partition coefficient (Wildman–Crippen LogP) is 1.64. The predicted molar refractivity (Wildman–Crippen MR) is 66.0 cm³/mol. The molecule has 2 atom stereocenters. The second-order valence-corrected chi connectivity index (χ2v) is 6.18. The summed E-state index contributed by atoms with van der Waals surface area (Å²) in [4.78, 5) is 13.0. The normalized spacial score (nSPS) is 26.3. The van der Waals surface area contributed by atoms with Crippen LogP contribution in [0.1, 0.15) is 33.6 Å². The van der Waals surface area contributed by atoms with Crippen molar-refractivity contribution in [3.63, 3.8) is 0 Å². The number of piperidine rings is 1. The number of hydrogen-bond acceptors (Lipinski definition) is 4. The molecule has 0 saturated carbocycles. The summed E-state index contributed by atoms with van der Waals surface area (Å²) in [5, 5.41) is 9.37. The number of alkyl halides is 3. The number of aliphatic hydroxyl groups is 1. The fourth-order valence-electron chi connectivity index (χ4n) is 2.14. The van der Waals surface area contributed by atoms with Crippen molar-refractivity contribution >= 4 is 6.09 Å². The minimum absolute atomic E-state index is 0.00697. The van der Waals surface area contributed by atoms with Gasteiger partial charge < -0.3 is 20.5 Å². The first kappa shape index (κ1) is 17.0. The van der Waals surface area contributed by atoms with Gasteiger partial charge in [-0.2, -0.15) is 13.2 Å². The number of nitrogens with two attached hydrogens (primary N) is 1. The molecule has 1 heterocycles. The van der Waals surface area contributed by atoms with E-state index in [1.165, 1.54) is 0 Å². The highest BCUT2D eigenvalue weighted by Crippen LogP contribution is 2.32. The maximum absolute atomic E-state index is 12.6. The largest absolute Gasteiger partial charge is 0.444 e. The smallest absolute Gasteiger partial charge is 0.416 e. The van der Waals surface area contributed by atoms with Crippen LogP contribution < -0.4 is 5.73 Å². The van der Waals surface area contributed by atoms with Crippen molar-refractivity contribution in [3.05, 3.63) is 0 Å². The van der Waals surface area contributed by atoms with Crippen molar-refractivity contribution < 1.29 is 27.8 Å². The molecule has 1 rings (SSSR count). The van der Waals surface area contributed by atoms with E-state index >= 15 is 0 Å². The molecule has 20 heavy (non-hydrogen) atoms. The zero-order valence-corrected chi connectivity index (χ0v) is 11.8. The lowest BCUT2D eigenvalue weighted by molar-refractivity contribution is -0.227. The number of carbonyl (C=O) groups excluding carboxylic acids is 1. The van der Waals surface area contributed by atoms with Gasteiger partial charge in [0, 0.05) is 13.1 Å². The number of amides is 1. The number of likely N-dealkylation sites (tertiary alicyclic amines) is 1. The zero-order valence-electron chi connectivity index (χ0n) is 11.8. The summed E-state index contributed by atoms with van der Waals surface area (Å²) in [6.07, 6.45) is -7.93. The van der Waals surface area contributed by atoms with Gasteiger partial charge in [-0.1, -0.05) is 0 Å². The van der Waals surface area contributed by atoms with Gasteiger partial charge >= 0.3 is 12.3 Å². The third-order valence-electron chi connectivity index (χ3n) is 3.06. The summed E-state index contributed by atoms with van der Waals surface area (Å²) < 4.78 is 42.9. The van der Waals surface area contributed by atoms with E-state index < -0.39 is 29.5 Å². The Hall–Kier alpha value is -1.02. The number of nitrogens with zero attached hydrogens (tertiary/aromatic N) is 1. The molecule has 0 bridgehead atoms. The van der Waals surface area contributed by atoms with Gasteiger partial charge in [-0.25, -0.2) is 4.79 Å². The van der Waals surface area contributed by atoms with Crippen LogP contribution in [0.2, 0.25) is 0 Å². The molecule has 0 radical (unpaired) electrons. The molecule has 1 saturated heterocycles. The Morgan fingerprint density at radius 3 is 2.40 bits per heavy atom. The lowest BCUT2D eigenvalue weighted by Gasteiger charge is -2.43. The second-order valence-electron chi connectivity index (χ2n) is 6.18. The molecule has 118 valence electrons. The van der Waals surface area contributed by atoms with Gasteiger partial charge in [-0.3, -0.25) is 0 Å². The minimum atomic E-state index is -4.81. The molecule has 1 aliphatic heterocycles. The van der Waals surface area contributed by atoms with Crippen LogP contribution in [-0.2, 0) is 4.74 Å². The van der Waals surface area contributed by atoms with Crippen LogP contribution in [-0.4, -0.2) is 52.6 Å². The molecular formula is C12H21F3N2O3. The van der Waals surface area contributed by atoms with E-state index in [0.29, 0.717) is 0 Å². The van der Waals surface area contributed by atoms with Gasteiger partial charge in [0.15, 0.2) is 6.10 Å². The molecule has 2 unspecified atom stereocenters. The van der Waals surface area contributed by atoms with Gasteiger partial charge in [-0.05, 0) is 33.6 Å². The third-order valence-corrected chi connectivity index (χ3v) is 3.06. The number of carbonyl (C=O) groups is 1. The number of hydrogen-bond donors (Lipinski definition) is 2. The van der Waals surface area contributed by atoms with Gasteiger partial charge in [-0.15, -0.1) is 0 Å². The lowest BCUT2D eigenvalue weighted by atomic mass is 9.84. The Balaban J connectivity index is 2.78. The van der Waals surface area contributed by atoms with Crippen LogP contribution in [0.4, 0.5) is 18.0 Å². The minimum Gasteiger partial charge on any atom is -0.444 e. The first-order chi connectivity index (χ1) is 8.85. The lowest BCUT2D eigenvalue weighted by Crippen LogP contribution is -2.65. The molecule has 0 aromatic heterocycles. The van der Waals surface area contributed by atoms with Crippen molar-refractivity contribution in [3.8, 4) is 0 Å². The van der Waals surface area contributed by atoms with E-state index in [2.05, 4.69) is 0 Å². The standard InChI is InChI=1S/C12H21F3N2O3/c1-10(2,3)20-9(19)17-6-4-5-11(16,7-17)8(18)12(13,14)15/h8,18H,4-7,16H2,1-3H3. The molecule has 0 spiro atoms. The molecule has 3 N–H and O–H groups in total. The molecular weight excluding hydrogens is 277 g/mol. The molecule has 1 aliphatic rings. The summed E-state index contributed by atoms with van der Waals surface area (Å²) >= 11 is 0. The Morgan fingerprint density at radius 1 is 1.40 bits per heavy atom. The van der Waals surface area contributed by atoms with E-state index in [9.17, 15) is 23.1 Å². The first-order valence-corrected chi connectivity index (χ1v) is 6.37. The van der Waals surface area contributed by atoms with E-state index in [1.54, 1.807) is 20.8 Å². The van der Waals surface area contributed by atoms with Crippen molar-refractivity contribution in [2.75, 3.05) is 13.1 Å². The highest BCUT2D eigenvalue weighted by Gasteiger charge is 2.53. The monoisotopic (exact) mass is 298 g/mol. The maximum atomic E-state index is 12.6. The molecule has 0 aromatic carbocycles. The van der Waals surface area contributed by atoms with Crippen LogP contribution in [0.3, 0.4) is 0 Å². The van der Waals surface area contributed by atoms with Gasteiger partial charge in [0.05, 0.1) is 5.54 Å². The molecule has 0 aromatic rings. The summed E-state index contributed by atoms with van der Waals surface area (Å²) in [5.74, 6) is 0. The maximum Gasteiger partial charge on any atom is 0.416 e. The van der Waals surface area contributed by atoms with Crippen molar-refractivity contribution in [2.45, 2.75) is 57.0 Å². The van der Waals surface area contributed by atoms with E-state index in [0.717, 1.165) is 4.90 Å². The topological polar surface area (TPSA) is 75.8 Å². The van der Waals surface area contributed by atoms with E-state index in [4.69, 9.17) is 10.5 Å². The summed E-state index contributed by atoms with van der Waals surface area (Å²) in [6.45, 7) is 4.86. The van der Waals surface area contributed by atoms with Crippen LogP contribution in [0.25, 0.3) is 0 Å². The molecule has 1 amide bonds. The summed E-state index contributed by atoms with van der Waals surface area (Å²) in [7, 11) is 0. The SMILES string of the molecule is CC(C)(C)OC(=O)N1CCCC(N)(C(O)C(F)(F)F)C1. The number of ether oxygens (including phenoxy) is 1. The molecule has 0 aliphatic carbocycles. The summed E-state index contributed by atoms with van der Waals surface area (Å²) in [5.41, 5.74) is 3.02. The Labute approximate surface area is 115 Å². The van der Waals surface area contributed by atoms with Crippen molar-refractivity contribution in [2.24, 2.45) is 5.73 Å². The highest BCUT2D eigenvalue weighted by molar-refractivity contribution is 5.68. The van der Waals surface area contributed by atoms with Crippen LogP contribution in [0, 0.1) is 0 Å². The molecule has 8 heteroatoms. The first-order valence-electron chi connectivity index (χ1n) is 6.37. The molecule has 1 fully saturated rings. The number of halogens is 3. The number of rotatable bonds is 1. The quantitative estimate of drug-likeness (QED) is 0.771. The Bertz CT molecular complexity index is 368. The number of aliphatic hydroxyl groups excluding tert-OH is 1. The van der Waals surface area contributed by atoms with Crippen molar-refractivity contribution in [1.29, 1.82) is 0 Å². The average Bonchev–Trinajstić information content (AvgIpc) is 2.24. The van der Waals surface area contributed by atoms with Crippen LogP contribution >= 0.6 is 0 Å². The zero-order chi connectivity index (χ0) is 15.8. The summed E-state index contributed by atoms with van der Waals surface area (Å²) in [6, 6.07) is 0. The van der Waals surface area contributed by atoms with Crippen LogP contribution in [0.15, 0.2) is 0 Å². The molecule has 5 nitrogen and oxygen atoms in total. The van der Waals surface area contributed by atoms with Gasteiger partial charge in [0.2, 0.25) is 0 Å². The fourth-order valence-corrected chi connectivity index (χ4v) is 2.14. The Morgan fingerprint density at radius 2 is 1.95 bits per heavy atom. The van der Waals surface area contributed by atoms with Gasteiger partial charge in [0.25, 0.3) is 0 Å². The van der Waals surface area contributed by atoms with Crippen molar-refractivity contribution in [1.82, 2.24) is 4.90 Å². The highest BCUT2D eigenvalue weighted by atomic mass is 19.4. The van der Waals surface area contributed by atoms with E-state index in [-0.39, 0.29) is 25.9 Å². The van der Waals surface area contributed by atoms with E-state index in [1.807, 2.05) is 0 Å². The Kier molecular flexibility index (Phi) is 4.60.